The van der Waals surface area contributed by atoms with E-state index in [1.807, 2.05) is 6.07 Å². The van der Waals surface area contributed by atoms with E-state index in [0.29, 0.717) is 31.2 Å². The zero-order valence-electron chi connectivity index (χ0n) is 23.4. The number of carboxylic acid groups (broad SMARTS) is 1. The molecular formula is C30H41F2N3O4. The van der Waals surface area contributed by atoms with Crippen molar-refractivity contribution in [3.8, 4) is 0 Å². The molecule has 2 aromatic rings. The molecule has 0 bridgehead atoms. The number of hydrogen-bond acceptors (Lipinski definition) is 4. The highest BCUT2D eigenvalue weighted by Crippen LogP contribution is 2.40. The average Bonchev–Trinajstić information content (AvgIpc) is 2.85. The van der Waals surface area contributed by atoms with Gasteiger partial charge < -0.3 is 25.7 Å². The Morgan fingerprint density at radius 3 is 2.26 bits per heavy atom. The number of amides is 2. The number of carbonyl (C=O) groups is 2. The van der Waals surface area contributed by atoms with Gasteiger partial charge in [-0.15, -0.1) is 0 Å². The second-order valence-electron chi connectivity index (χ2n) is 11.8. The number of aliphatic hydroxyl groups is 1. The lowest BCUT2D eigenvalue weighted by atomic mass is 9.73. The Morgan fingerprint density at radius 2 is 1.72 bits per heavy atom. The van der Waals surface area contributed by atoms with Crippen LogP contribution in [0.2, 0.25) is 0 Å². The van der Waals surface area contributed by atoms with E-state index in [4.69, 9.17) is 0 Å². The predicted octanol–water partition coefficient (Wildman–Crippen LogP) is 4.71. The molecule has 0 radical (unpaired) electrons. The Morgan fingerprint density at radius 1 is 1.10 bits per heavy atom. The molecule has 1 aliphatic rings. The minimum atomic E-state index is -1.05. The molecule has 0 aliphatic heterocycles. The molecule has 2 amide bonds. The molecule has 1 fully saturated rings. The predicted molar refractivity (Wildman–Crippen MR) is 147 cm³/mol. The molecule has 1 aliphatic carbocycles. The normalized spacial score (nSPS) is 21.2. The molecule has 0 heterocycles. The van der Waals surface area contributed by atoms with Crippen LogP contribution in [0.15, 0.2) is 42.5 Å². The van der Waals surface area contributed by atoms with Gasteiger partial charge in [0.05, 0.1) is 12.1 Å². The van der Waals surface area contributed by atoms with E-state index in [0.717, 1.165) is 17.2 Å². The van der Waals surface area contributed by atoms with Gasteiger partial charge in [0.2, 0.25) is 5.91 Å². The SMILES string of the molecule is CC(=O)N[C@@H](Cc1cc(F)cc(F)c1)[C@H](O)CNC1(c2cccc(C(C)(C)C)c2)CCC(N(C)C(=O)O)CC1. The maximum atomic E-state index is 13.8. The molecule has 7 nitrogen and oxygen atoms in total. The highest BCUT2D eigenvalue weighted by atomic mass is 19.1. The first kappa shape index (κ1) is 30.5. The summed E-state index contributed by atoms with van der Waals surface area (Å²) < 4.78 is 27.6. The molecule has 0 unspecified atom stereocenters. The second kappa shape index (κ2) is 12.4. The Labute approximate surface area is 229 Å². The average molecular weight is 546 g/mol. The van der Waals surface area contributed by atoms with E-state index in [9.17, 15) is 28.6 Å². The summed E-state index contributed by atoms with van der Waals surface area (Å²) in [5.41, 5.74) is 1.95. The number of hydrogen-bond donors (Lipinski definition) is 4. The van der Waals surface area contributed by atoms with Gasteiger partial charge in [-0.3, -0.25) is 4.79 Å². The van der Waals surface area contributed by atoms with Gasteiger partial charge in [-0.25, -0.2) is 13.6 Å². The maximum absolute atomic E-state index is 13.8. The third-order valence-electron chi connectivity index (χ3n) is 7.82. The van der Waals surface area contributed by atoms with Crippen molar-refractivity contribution in [3.05, 3.63) is 70.8 Å². The summed E-state index contributed by atoms with van der Waals surface area (Å²) in [6, 6.07) is 10.6. The van der Waals surface area contributed by atoms with Crippen molar-refractivity contribution >= 4 is 12.0 Å². The molecule has 214 valence electrons. The van der Waals surface area contributed by atoms with Crippen LogP contribution in [0, 0.1) is 11.6 Å². The molecule has 4 N–H and O–H groups in total. The van der Waals surface area contributed by atoms with Crippen molar-refractivity contribution in [1.82, 2.24) is 15.5 Å². The van der Waals surface area contributed by atoms with E-state index in [1.165, 1.54) is 24.0 Å². The van der Waals surface area contributed by atoms with Gasteiger partial charge in [0.1, 0.15) is 11.6 Å². The van der Waals surface area contributed by atoms with Crippen LogP contribution < -0.4 is 10.6 Å². The molecular weight excluding hydrogens is 504 g/mol. The molecule has 0 aromatic heterocycles. The second-order valence-corrected chi connectivity index (χ2v) is 11.8. The molecule has 2 atom stereocenters. The van der Waals surface area contributed by atoms with E-state index in [2.05, 4.69) is 49.6 Å². The van der Waals surface area contributed by atoms with Crippen molar-refractivity contribution in [2.24, 2.45) is 0 Å². The van der Waals surface area contributed by atoms with Crippen LogP contribution in [0.4, 0.5) is 13.6 Å². The van der Waals surface area contributed by atoms with Crippen molar-refractivity contribution in [1.29, 1.82) is 0 Å². The van der Waals surface area contributed by atoms with E-state index in [-0.39, 0.29) is 30.3 Å². The number of nitrogens with one attached hydrogen (secondary N) is 2. The summed E-state index contributed by atoms with van der Waals surface area (Å²) in [5, 5.41) is 27.0. The number of halogens is 2. The first-order chi connectivity index (χ1) is 18.2. The van der Waals surface area contributed by atoms with E-state index < -0.39 is 35.4 Å². The molecule has 1 saturated carbocycles. The minimum Gasteiger partial charge on any atom is -0.465 e. The molecule has 39 heavy (non-hydrogen) atoms. The van der Waals surface area contributed by atoms with Crippen molar-refractivity contribution in [2.75, 3.05) is 13.6 Å². The van der Waals surface area contributed by atoms with Crippen LogP contribution in [0.5, 0.6) is 0 Å². The zero-order chi connectivity index (χ0) is 29.0. The molecule has 3 rings (SSSR count). The van der Waals surface area contributed by atoms with Crippen LogP contribution in [0.3, 0.4) is 0 Å². The highest BCUT2D eigenvalue weighted by Gasteiger charge is 2.39. The van der Waals surface area contributed by atoms with Gasteiger partial charge in [-0.05, 0) is 66.3 Å². The first-order valence-electron chi connectivity index (χ1n) is 13.4. The lowest BCUT2D eigenvalue weighted by Crippen LogP contribution is -2.54. The van der Waals surface area contributed by atoms with Gasteiger partial charge in [0, 0.05) is 38.2 Å². The van der Waals surface area contributed by atoms with E-state index in [1.54, 1.807) is 7.05 Å². The molecule has 0 spiro atoms. The summed E-state index contributed by atoms with van der Waals surface area (Å²) >= 11 is 0. The largest absolute Gasteiger partial charge is 0.465 e. The van der Waals surface area contributed by atoms with Crippen LogP contribution in [-0.2, 0) is 22.2 Å². The van der Waals surface area contributed by atoms with Crippen LogP contribution >= 0.6 is 0 Å². The summed E-state index contributed by atoms with van der Waals surface area (Å²) in [4.78, 5) is 24.8. The Bertz CT molecular complexity index is 1140. The number of carbonyl (C=O) groups excluding carboxylic acids is 1. The van der Waals surface area contributed by atoms with Gasteiger partial charge in [-0.1, -0.05) is 45.0 Å². The third kappa shape index (κ3) is 7.99. The van der Waals surface area contributed by atoms with Crippen LogP contribution in [0.25, 0.3) is 0 Å². The van der Waals surface area contributed by atoms with Gasteiger partial charge in [0.15, 0.2) is 0 Å². The van der Waals surface area contributed by atoms with E-state index >= 15 is 0 Å². The third-order valence-corrected chi connectivity index (χ3v) is 7.82. The maximum Gasteiger partial charge on any atom is 0.407 e. The smallest absolute Gasteiger partial charge is 0.407 e. The number of benzene rings is 2. The molecule has 9 heteroatoms. The Hall–Kier alpha value is -3.04. The Kier molecular flexibility index (Phi) is 9.72. The molecule has 2 aromatic carbocycles. The standard InChI is InChI=1S/C30H41F2N3O4/c1-19(36)34-26(15-20-13-23(31)17-24(32)14-20)27(37)18-33-30(11-9-25(10-12-30)35(5)28(38)39)22-8-6-7-21(16-22)29(2,3)4/h6-8,13-14,16-17,25-27,33,37H,9-12,15,18H2,1-5H3,(H,34,36)(H,38,39)/t25?,26-,27+,30?/m0/s1. The quantitative estimate of drug-likeness (QED) is 0.366. The van der Waals surface area contributed by atoms with Crippen LogP contribution in [0.1, 0.15) is 70.1 Å². The summed E-state index contributed by atoms with van der Waals surface area (Å²) in [6.45, 7) is 7.87. The van der Waals surface area contributed by atoms with Crippen molar-refractivity contribution in [3.63, 3.8) is 0 Å². The molecule has 0 saturated heterocycles. The van der Waals surface area contributed by atoms with Gasteiger partial charge in [0.25, 0.3) is 0 Å². The fourth-order valence-corrected chi connectivity index (χ4v) is 5.46. The fourth-order valence-electron chi connectivity index (χ4n) is 5.46. The highest BCUT2D eigenvalue weighted by molar-refractivity contribution is 5.73. The fraction of sp³-hybridized carbons (Fsp3) is 0.533. The first-order valence-corrected chi connectivity index (χ1v) is 13.4. The van der Waals surface area contributed by atoms with Crippen molar-refractivity contribution < 1.29 is 28.6 Å². The van der Waals surface area contributed by atoms with Crippen molar-refractivity contribution in [2.45, 2.75) is 88.9 Å². The topological polar surface area (TPSA) is 102 Å². The van der Waals surface area contributed by atoms with Crippen LogP contribution in [-0.4, -0.2) is 58.9 Å². The number of rotatable bonds is 9. The zero-order valence-corrected chi connectivity index (χ0v) is 23.4. The van der Waals surface area contributed by atoms with Gasteiger partial charge >= 0.3 is 6.09 Å². The summed E-state index contributed by atoms with van der Waals surface area (Å²) in [7, 11) is 1.59. The monoisotopic (exact) mass is 545 g/mol. The van der Waals surface area contributed by atoms with Gasteiger partial charge in [-0.2, -0.15) is 0 Å². The minimum absolute atomic E-state index is 0.0507. The lowest BCUT2D eigenvalue weighted by molar-refractivity contribution is -0.120. The summed E-state index contributed by atoms with van der Waals surface area (Å²) in [6.07, 6.45) is 0.618. The Balaban J connectivity index is 1.86. The number of nitrogens with zero attached hydrogens (tertiary/aromatic N) is 1. The lowest BCUT2D eigenvalue weighted by Gasteiger charge is -2.44. The summed E-state index contributed by atoms with van der Waals surface area (Å²) in [5.74, 6) is -1.80. The number of aliphatic hydroxyl groups excluding tert-OH is 1.